The summed E-state index contributed by atoms with van der Waals surface area (Å²) in [5.74, 6) is 0.948. The highest BCUT2D eigenvalue weighted by Gasteiger charge is 2.26. The largest absolute Gasteiger partial charge is 0.392 e. The van der Waals surface area contributed by atoms with Crippen molar-refractivity contribution >= 4 is 0 Å². The molecule has 1 fully saturated rings. The Balaban J connectivity index is 2.11. The predicted molar refractivity (Wildman–Crippen MR) is 51.7 cm³/mol. The summed E-state index contributed by atoms with van der Waals surface area (Å²) in [7, 11) is 0. The molecule has 2 rings (SSSR count). The van der Waals surface area contributed by atoms with Crippen LogP contribution in [0.2, 0.25) is 0 Å². The smallest absolute Gasteiger partial charge is 0.150 e. The molecule has 78 valence electrons. The zero-order chi connectivity index (χ0) is 9.97. The quantitative estimate of drug-likeness (QED) is 0.719. The summed E-state index contributed by atoms with van der Waals surface area (Å²) < 4.78 is 2.05. The molecular formula is C9H16N4O. The lowest BCUT2D eigenvalue weighted by Gasteiger charge is -2.10. The number of aryl methyl sites for hydroxylation is 1. The highest BCUT2D eigenvalue weighted by molar-refractivity contribution is 4.99. The van der Waals surface area contributed by atoms with Crippen molar-refractivity contribution in [1.29, 1.82) is 0 Å². The summed E-state index contributed by atoms with van der Waals surface area (Å²) >= 11 is 0. The number of nitrogens with zero attached hydrogens (tertiary/aromatic N) is 3. The second-order valence-corrected chi connectivity index (χ2v) is 3.73. The van der Waals surface area contributed by atoms with Gasteiger partial charge in [-0.3, -0.25) is 0 Å². The number of aromatic nitrogens is 3. The molecule has 0 aromatic carbocycles. The van der Waals surface area contributed by atoms with Crippen molar-refractivity contribution in [2.24, 2.45) is 0 Å². The van der Waals surface area contributed by atoms with E-state index in [1.165, 1.54) is 0 Å². The van der Waals surface area contributed by atoms with Crippen molar-refractivity contribution in [2.75, 3.05) is 6.54 Å². The zero-order valence-electron chi connectivity index (χ0n) is 8.35. The van der Waals surface area contributed by atoms with Crippen LogP contribution < -0.4 is 5.32 Å². The van der Waals surface area contributed by atoms with E-state index >= 15 is 0 Å². The Kier molecular flexibility index (Phi) is 2.79. The minimum absolute atomic E-state index is 0.166. The molecule has 2 N–H and O–H groups in total. The van der Waals surface area contributed by atoms with E-state index in [1.54, 1.807) is 6.33 Å². The molecule has 1 aliphatic heterocycles. The highest BCUT2D eigenvalue weighted by Crippen LogP contribution is 2.21. The van der Waals surface area contributed by atoms with Gasteiger partial charge in [-0.15, -0.1) is 10.2 Å². The van der Waals surface area contributed by atoms with Crippen molar-refractivity contribution in [3.05, 3.63) is 12.2 Å². The van der Waals surface area contributed by atoms with Crippen LogP contribution in [0, 0.1) is 0 Å². The molecule has 0 amide bonds. The first kappa shape index (κ1) is 9.61. The highest BCUT2D eigenvalue weighted by atomic mass is 16.3. The van der Waals surface area contributed by atoms with Gasteiger partial charge in [-0.25, -0.2) is 0 Å². The first-order chi connectivity index (χ1) is 6.81. The number of aliphatic hydroxyl groups is 1. The van der Waals surface area contributed by atoms with E-state index in [1.807, 2.05) is 0 Å². The lowest BCUT2D eigenvalue weighted by molar-refractivity contribution is 0.192. The average molecular weight is 196 g/mol. The molecule has 0 aliphatic carbocycles. The van der Waals surface area contributed by atoms with Gasteiger partial charge < -0.3 is 15.0 Å². The van der Waals surface area contributed by atoms with E-state index in [0.29, 0.717) is 6.54 Å². The maximum atomic E-state index is 9.40. The van der Waals surface area contributed by atoms with Gasteiger partial charge in [0.1, 0.15) is 12.2 Å². The monoisotopic (exact) mass is 196 g/mol. The summed E-state index contributed by atoms with van der Waals surface area (Å²) in [4.78, 5) is 0. The first-order valence-corrected chi connectivity index (χ1v) is 5.10. The van der Waals surface area contributed by atoms with Crippen LogP contribution in [0.15, 0.2) is 6.33 Å². The summed E-state index contributed by atoms with van der Waals surface area (Å²) in [6.07, 6.45) is 3.32. The molecule has 0 unspecified atom stereocenters. The van der Waals surface area contributed by atoms with Crippen LogP contribution >= 0.6 is 0 Å². The fourth-order valence-electron chi connectivity index (χ4n) is 1.86. The third-order valence-electron chi connectivity index (χ3n) is 2.53. The molecule has 2 atom stereocenters. The van der Waals surface area contributed by atoms with Crippen LogP contribution in [0.3, 0.4) is 0 Å². The Morgan fingerprint density at radius 1 is 1.71 bits per heavy atom. The van der Waals surface area contributed by atoms with Crippen molar-refractivity contribution in [1.82, 2.24) is 20.1 Å². The Bertz CT molecular complexity index is 299. The van der Waals surface area contributed by atoms with Crippen LogP contribution in [0.1, 0.15) is 31.6 Å². The van der Waals surface area contributed by atoms with Crippen molar-refractivity contribution in [2.45, 2.75) is 38.5 Å². The number of β-amino-alcohol motifs (C(OH)–C–C–N with tert-alkyl or cyclic N) is 1. The molecule has 5 heteroatoms. The molecular weight excluding hydrogens is 180 g/mol. The van der Waals surface area contributed by atoms with Gasteiger partial charge in [-0.2, -0.15) is 0 Å². The van der Waals surface area contributed by atoms with Crippen molar-refractivity contribution in [3.63, 3.8) is 0 Å². The van der Waals surface area contributed by atoms with Crippen molar-refractivity contribution < 1.29 is 5.11 Å². The molecule has 14 heavy (non-hydrogen) atoms. The van der Waals surface area contributed by atoms with Gasteiger partial charge in [0.05, 0.1) is 12.1 Å². The molecule has 1 aliphatic rings. The maximum absolute atomic E-state index is 9.40. The van der Waals surface area contributed by atoms with E-state index in [-0.39, 0.29) is 12.1 Å². The van der Waals surface area contributed by atoms with E-state index < -0.39 is 0 Å². The number of nitrogens with one attached hydrogen (secondary N) is 1. The summed E-state index contributed by atoms with van der Waals surface area (Å²) in [6.45, 7) is 3.72. The molecule has 0 saturated carbocycles. The fraction of sp³-hybridized carbons (Fsp3) is 0.778. The lowest BCUT2D eigenvalue weighted by atomic mass is 10.2. The van der Waals surface area contributed by atoms with Gasteiger partial charge in [-0.1, -0.05) is 6.92 Å². The lowest BCUT2D eigenvalue weighted by Crippen LogP contribution is -2.18. The van der Waals surface area contributed by atoms with E-state index in [0.717, 1.165) is 25.2 Å². The Morgan fingerprint density at radius 2 is 2.57 bits per heavy atom. The standard InChI is InChI=1S/C9H16N4O/c1-2-3-13-6-11-12-9(13)8-4-7(14)5-10-8/h6-8,10,14H,2-5H2,1H3/t7-,8-/m0/s1. The summed E-state index contributed by atoms with van der Waals surface area (Å²) in [5.41, 5.74) is 0. The summed E-state index contributed by atoms with van der Waals surface area (Å²) in [6, 6.07) is 0.166. The topological polar surface area (TPSA) is 63.0 Å². The number of hydrogen-bond acceptors (Lipinski definition) is 4. The number of rotatable bonds is 3. The average Bonchev–Trinajstić information content (AvgIpc) is 2.74. The van der Waals surface area contributed by atoms with Crippen molar-refractivity contribution in [3.8, 4) is 0 Å². The second kappa shape index (κ2) is 4.06. The van der Waals surface area contributed by atoms with Gasteiger partial charge in [0.2, 0.25) is 0 Å². The molecule has 1 aromatic heterocycles. The van der Waals surface area contributed by atoms with Crippen LogP contribution in [0.5, 0.6) is 0 Å². The zero-order valence-corrected chi connectivity index (χ0v) is 8.35. The van der Waals surface area contributed by atoms with Gasteiger partial charge in [-0.05, 0) is 12.8 Å². The van der Waals surface area contributed by atoms with Gasteiger partial charge in [0.15, 0.2) is 0 Å². The minimum atomic E-state index is -0.244. The Labute approximate surface area is 83.2 Å². The first-order valence-electron chi connectivity index (χ1n) is 5.10. The van der Waals surface area contributed by atoms with Crippen LogP contribution in [0.4, 0.5) is 0 Å². The van der Waals surface area contributed by atoms with Crippen LogP contribution in [-0.2, 0) is 6.54 Å². The normalized spacial score (nSPS) is 27.0. The summed E-state index contributed by atoms with van der Waals surface area (Å²) in [5, 5.41) is 20.6. The third kappa shape index (κ3) is 1.78. The predicted octanol–water partition coefficient (Wildman–Crippen LogP) is 0.0834. The molecule has 0 radical (unpaired) electrons. The van der Waals surface area contributed by atoms with E-state index in [4.69, 9.17) is 0 Å². The van der Waals surface area contributed by atoms with Gasteiger partial charge >= 0.3 is 0 Å². The van der Waals surface area contributed by atoms with E-state index in [9.17, 15) is 5.11 Å². The van der Waals surface area contributed by atoms with Crippen LogP contribution in [-0.4, -0.2) is 32.5 Å². The maximum Gasteiger partial charge on any atom is 0.150 e. The second-order valence-electron chi connectivity index (χ2n) is 3.73. The molecule has 5 nitrogen and oxygen atoms in total. The molecule has 1 saturated heterocycles. The van der Waals surface area contributed by atoms with Gasteiger partial charge in [0, 0.05) is 13.1 Å². The minimum Gasteiger partial charge on any atom is -0.392 e. The van der Waals surface area contributed by atoms with Gasteiger partial charge in [0.25, 0.3) is 0 Å². The number of aliphatic hydroxyl groups excluding tert-OH is 1. The van der Waals surface area contributed by atoms with Crippen LogP contribution in [0.25, 0.3) is 0 Å². The SMILES string of the molecule is CCCn1cnnc1[C@@H]1C[C@H](O)CN1. The third-order valence-corrected chi connectivity index (χ3v) is 2.53. The Hall–Kier alpha value is -0.940. The number of hydrogen-bond donors (Lipinski definition) is 2. The molecule has 2 heterocycles. The molecule has 0 bridgehead atoms. The molecule has 1 aromatic rings. The van der Waals surface area contributed by atoms with E-state index in [2.05, 4.69) is 27.0 Å². The molecule has 0 spiro atoms. The fourth-order valence-corrected chi connectivity index (χ4v) is 1.86. The Morgan fingerprint density at radius 3 is 3.21 bits per heavy atom.